The predicted molar refractivity (Wildman–Crippen MR) is 119 cm³/mol. The van der Waals surface area contributed by atoms with E-state index < -0.39 is 0 Å². The maximum Gasteiger partial charge on any atom is 0.217 e. The second-order valence-electron chi connectivity index (χ2n) is 8.75. The summed E-state index contributed by atoms with van der Waals surface area (Å²) in [6.07, 6.45) is 2.49. The number of rotatable bonds is 3. The molecule has 0 aliphatic carbocycles. The van der Waals surface area contributed by atoms with Gasteiger partial charge in [0, 0.05) is 50.5 Å². The Kier molecular flexibility index (Phi) is 5.59. The number of hydrogen-bond donors (Lipinski definition) is 1. The Hall–Kier alpha value is -2.57. The van der Waals surface area contributed by atoms with Crippen molar-refractivity contribution in [2.45, 2.75) is 37.8 Å². The zero-order chi connectivity index (χ0) is 21.3. The molecule has 2 saturated heterocycles. The van der Waals surface area contributed by atoms with Crippen LogP contribution in [0.15, 0.2) is 42.5 Å². The molecule has 3 aliphatic rings. The second kappa shape index (κ2) is 8.52. The molecule has 0 bridgehead atoms. The van der Waals surface area contributed by atoms with Crippen LogP contribution in [0.3, 0.4) is 0 Å². The molecule has 1 unspecified atom stereocenters. The van der Waals surface area contributed by atoms with Gasteiger partial charge in [0.15, 0.2) is 0 Å². The van der Waals surface area contributed by atoms with E-state index in [4.69, 9.17) is 14.2 Å². The van der Waals surface area contributed by atoms with Crippen molar-refractivity contribution >= 4 is 11.6 Å². The quantitative estimate of drug-likeness (QED) is 0.817. The van der Waals surface area contributed by atoms with E-state index in [-0.39, 0.29) is 17.6 Å². The molecule has 0 saturated carbocycles. The lowest BCUT2D eigenvalue weighted by molar-refractivity contribution is -0.121. The molecule has 3 aliphatic heterocycles. The molecule has 6 heteroatoms. The number of nitrogens with one attached hydrogen (secondary N) is 1. The van der Waals surface area contributed by atoms with Crippen molar-refractivity contribution in [2.24, 2.45) is 0 Å². The fourth-order valence-electron chi connectivity index (χ4n) is 4.96. The first-order valence-electron chi connectivity index (χ1n) is 11.2. The summed E-state index contributed by atoms with van der Waals surface area (Å²) < 4.78 is 17.5. The van der Waals surface area contributed by atoms with Gasteiger partial charge in [0.25, 0.3) is 0 Å². The average molecular weight is 423 g/mol. The summed E-state index contributed by atoms with van der Waals surface area (Å²) in [5.41, 5.74) is 4.33. The summed E-state index contributed by atoms with van der Waals surface area (Å²) in [4.78, 5) is 14.3. The van der Waals surface area contributed by atoms with Crippen molar-refractivity contribution < 1.29 is 19.0 Å². The number of morpholine rings is 1. The molecule has 3 heterocycles. The molecule has 1 N–H and O–H groups in total. The van der Waals surface area contributed by atoms with E-state index in [0.29, 0.717) is 13.2 Å². The summed E-state index contributed by atoms with van der Waals surface area (Å²) in [6.45, 7) is 6.42. The highest BCUT2D eigenvalue weighted by atomic mass is 16.5. The Balaban J connectivity index is 1.42. The third-order valence-corrected chi connectivity index (χ3v) is 6.65. The molecule has 5 rings (SSSR count). The van der Waals surface area contributed by atoms with Gasteiger partial charge in [-0.25, -0.2) is 0 Å². The standard InChI is InChI=1S/C25H30N2O4/c1-18(28)26-23-17-25(8-12-29-13-9-25)31-24-7-4-20(16-22(23)24)19-2-5-21(6-3-19)27-10-14-30-15-11-27/h2-7,16,23H,8-15,17H2,1H3,(H,26,28). The van der Waals surface area contributed by atoms with Crippen molar-refractivity contribution in [2.75, 3.05) is 44.4 Å². The molecule has 0 radical (unpaired) electrons. The van der Waals surface area contributed by atoms with Crippen LogP contribution in [0, 0.1) is 0 Å². The van der Waals surface area contributed by atoms with Gasteiger partial charge in [-0.15, -0.1) is 0 Å². The Labute approximate surface area is 183 Å². The first-order valence-corrected chi connectivity index (χ1v) is 11.2. The fourth-order valence-corrected chi connectivity index (χ4v) is 4.96. The zero-order valence-corrected chi connectivity index (χ0v) is 18.1. The third-order valence-electron chi connectivity index (χ3n) is 6.65. The topological polar surface area (TPSA) is 60.0 Å². The lowest BCUT2D eigenvalue weighted by Crippen LogP contribution is -2.48. The van der Waals surface area contributed by atoms with E-state index in [2.05, 4.69) is 52.7 Å². The van der Waals surface area contributed by atoms with Crippen LogP contribution in [0.1, 0.15) is 37.8 Å². The van der Waals surface area contributed by atoms with Crippen LogP contribution in [0.2, 0.25) is 0 Å². The number of fused-ring (bicyclic) bond motifs is 1. The molecule has 1 amide bonds. The highest BCUT2D eigenvalue weighted by Crippen LogP contribution is 2.45. The maximum atomic E-state index is 11.9. The Bertz CT molecular complexity index is 931. The van der Waals surface area contributed by atoms with Crippen LogP contribution < -0.4 is 15.0 Å². The summed E-state index contributed by atoms with van der Waals surface area (Å²) in [5.74, 6) is 0.862. The molecular weight excluding hydrogens is 392 g/mol. The molecule has 1 spiro atoms. The van der Waals surface area contributed by atoms with Crippen LogP contribution in [-0.4, -0.2) is 51.0 Å². The highest BCUT2D eigenvalue weighted by molar-refractivity contribution is 5.74. The summed E-state index contributed by atoms with van der Waals surface area (Å²) in [6, 6.07) is 15.0. The number of carbonyl (C=O) groups is 1. The van der Waals surface area contributed by atoms with Crippen molar-refractivity contribution in [1.82, 2.24) is 5.32 Å². The van der Waals surface area contributed by atoms with Crippen molar-refractivity contribution in [3.8, 4) is 16.9 Å². The molecule has 2 fully saturated rings. The van der Waals surface area contributed by atoms with Crippen LogP contribution in [0.25, 0.3) is 11.1 Å². The number of carbonyl (C=O) groups excluding carboxylic acids is 1. The van der Waals surface area contributed by atoms with Gasteiger partial charge in [0.2, 0.25) is 5.91 Å². The van der Waals surface area contributed by atoms with Crippen molar-refractivity contribution in [1.29, 1.82) is 0 Å². The monoisotopic (exact) mass is 422 g/mol. The van der Waals surface area contributed by atoms with Gasteiger partial charge in [-0.2, -0.15) is 0 Å². The molecule has 6 nitrogen and oxygen atoms in total. The number of amides is 1. The molecule has 164 valence electrons. The first-order chi connectivity index (χ1) is 15.1. The summed E-state index contributed by atoms with van der Waals surface area (Å²) in [7, 11) is 0. The van der Waals surface area contributed by atoms with E-state index >= 15 is 0 Å². The largest absolute Gasteiger partial charge is 0.487 e. The smallest absolute Gasteiger partial charge is 0.217 e. The van der Waals surface area contributed by atoms with E-state index in [0.717, 1.165) is 68.0 Å². The predicted octanol–water partition coefficient (Wildman–Crippen LogP) is 3.70. The van der Waals surface area contributed by atoms with Crippen molar-refractivity contribution in [3.63, 3.8) is 0 Å². The van der Waals surface area contributed by atoms with E-state index in [1.54, 1.807) is 6.92 Å². The summed E-state index contributed by atoms with van der Waals surface area (Å²) in [5, 5.41) is 3.16. The number of nitrogens with zero attached hydrogens (tertiary/aromatic N) is 1. The minimum absolute atomic E-state index is 0.0136. The Morgan fingerprint density at radius 2 is 1.65 bits per heavy atom. The van der Waals surface area contributed by atoms with Gasteiger partial charge in [-0.3, -0.25) is 4.79 Å². The third kappa shape index (κ3) is 4.27. The van der Waals surface area contributed by atoms with Gasteiger partial charge in [0.1, 0.15) is 11.4 Å². The van der Waals surface area contributed by atoms with E-state index in [9.17, 15) is 4.79 Å². The van der Waals surface area contributed by atoms with Crippen LogP contribution in [0.5, 0.6) is 5.75 Å². The van der Waals surface area contributed by atoms with Gasteiger partial charge in [0.05, 0.1) is 32.5 Å². The number of benzene rings is 2. The minimum atomic E-state index is -0.250. The minimum Gasteiger partial charge on any atom is -0.487 e. The molecule has 2 aromatic carbocycles. The van der Waals surface area contributed by atoms with E-state index in [1.807, 2.05) is 0 Å². The second-order valence-corrected chi connectivity index (χ2v) is 8.75. The number of anilines is 1. The molecular formula is C25H30N2O4. The molecule has 0 aromatic heterocycles. The normalized spacial score (nSPS) is 22.5. The van der Waals surface area contributed by atoms with Crippen LogP contribution >= 0.6 is 0 Å². The Morgan fingerprint density at radius 3 is 2.35 bits per heavy atom. The average Bonchev–Trinajstić information content (AvgIpc) is 2.80. The Morgan fingerprint density at radius 1 is 0.968 bits per heavy atom. The highest BCUT2D eigenvalue weighted by Gasteiger charge is 2.42. The maximum absolute atomic E-state index is 11.9. The number of ether oxygens (including phenoxy) is 3. The fraction of sp³-hybridized carbons (Fsp3) is 0.480. The zero-order valence-electron chi connectivity index (χ0n) is 18.1. The SMILES string of the molecule is CC(=O)NC1CC2(CCOCC2)Oc2ccc(-c3ccc(N4CCOCC4)cc3)cc21. The molecule has 31 heavy (non-hydrogen) atoms. The summed E-state index contributed by atoms with van der Waals surface area (Å²) >= 11 is 0. The van der Waals surface area contributed by atoms with Gasteiger partial charge in [-0.1, -0.05) is 18.2 Å². The number of hydrogen-bond acceptors (Lipinski definition) is 5. The first kappa shape index (κ1) is 20.3. The lowest BCUT2D eigenvalue weighted by atomic mass is 9.81. The van der Waals surface area contributed by atoms with E-state index in [1.165, 1.54) is 5.69 Å². The molecule has 1 atom stereocenters. The van der Waals surface area contributed by atoms with Crippen LogP contribution in [0.4, 0.5) is 5.69 Å². The van der Waals surface area contributed by atoms with Crippen LogP contribution in [-0.2, 0) is 14.3 Å². The van der Waals surface area contributed by atoms with Gasteiger partial charge >= 0.3 is 0 Å². The lowest BCUT2D eigenvalue weighted by Gasteiger charge is -2.44. The molecule has 2 aromatic rings. The van der Waals surface area contributed by atoms with Gasteiger partial charge < -0.3 is 24.4 Å². The van der Waals surface area contributed by atoms with Crippen molar-refractivity contribution in [3.05, 3.63) is 48.0 Å². The van der Waals surface area contributed by atoms with Gasteiger partial charge in [-0.05, 0) is 35.4 Å².